The molecule has 16 heavy (non-hydrogen) atoms. The first-order valence-corrected chi connectivity index (χ1v) is 6.19. The van der Waals surface area contributed by atoms with Crippen LogP contribution in [0.4, 0.5) is 4.39 Å². The predicted octanol–water partition coefficient (Wildman–Crippen LogP) is 3.58. The van der Waals surface area contributed by atoms with Crippen molar-refractivity contribution < 1.29 is 14.3 Å². The molecule has 0 fully saturated rings. The molecule has 0 aromatic heterocycles. The molecule has 1 unspecified atom stereocenters. The highest BCUT2D eigenvalue weighted by atomic mass is 35.5. The van der Waals surface area contributed by atoms with E-state index in [-0.39, 0.29) is 17.5 Å². The normalized spacial score (nSPS) is 12.4. The summed E-state index contributed by atoms with van der Waals surface area (Å²) in [6.45, 7) is 1.81. The van der Waals surface area contributed by atoms with Crippen LogP contribution in [-0.2, 0) is 10.5 Å². The van der Waals surface area contributed by atoms with Crippen molar-refractivity contribution in [1.29, 1.82) is 0 Å². The molecule has 0 amide bonds. The van der Waals surface area contributed by atoms with Gasteiger partial charge in [-0.25, -0.2) is 4.39 Å². The van der Waals surface area contributed by atoms with E-state index in [0.717, 1.165) is 0 Å². The van der Waals surface area contributed by atoms with E-state index in [4.69, 9.17) is 16.7 Å². The van der Waals surface area contributed by atoms with Crippen LogP contribution < -0.4 is 0 Å². The molecule has 0 aliphatic heterocycles. The van der Waals surface area contributed by atoms with Gasteiger partial charge < -0.3 is 5.11 Å². The minimum absolute atomic E-state index is 0.0346. The lowest BCUT2D eigenvalue weighted by Crippen LogP contribution is -2.06. The fourth-order valence-corrected chi connectivity index (χ4v) is 2.29. The Morgan fingerprint density at radius 2 is 2.31 bits per heavy atom. The number of hydrogen-bond donors (Lipinski definition) is 1. The van der Waals surface area contributed by atoms with Crippen molar-refractivity contribution in [3.63, 3.8) is 0 Å². The summed E-state index contributed by atoms with van der Waals surface area (Å²) in [5.74, 6) is -0.726. The highest BCUT2D eigenvalue weighted by Crippen LogP contribution is 2.23. The van der Waals surface area contributed by atoms with E-state index < -0.39 is 5.97 Å². The molecule has 0 saturated carbocycles. The van der Waals surface area contributed by atoms with E-state index in [1.54, 1.807) is 12.1 Å². The summed E-state index contributed by atoms with van der Waals surface area (Å²) in [6.07, 6.45) is 0.0832. The number of rotatable bonds is 5. The Morgan fingerprint density at radius 3 is 2.88 bits per heavy atom. The molecular formula is C11H12ClFO2S. The number of thioether (sulfide) groups is 1. The summed E-state index contributed by atoms with van der Waals surface area (Å²) in [5, 5.41) is 8.90. The standard InChI is InChI=1S/C11H12ClFO2S/c1-7(4-11(14)15)16-6-8-2-3-9(12)5-10(8)13/h2-3,5,7H,4,6H2,1H3,(H,14,15). The van der Waals surface area contributed by atoms with Gasteiger partial charge in [0.25, 0.3) is 0 Å². The van der Waals surface area contributed by atoms with Crippen LogP contribution in [0, 0.1) is 5.82 Å². The van der Waals surface area contributed by atoms with Crippen LogP contribution in [0.1, 0.15) is 18.9 Å². The van der Waals surface area contributed by atoms with Gasteiger partial charge in [-0.05, 0) is 17.7 Å². The van der Waals surface area contributed by atoms with Gasteiger partial charge in [-0.2, -0.15) is 11.8 Å². The lowest BCUT2D eigenvalue weighted by atomic mass is 10.2. The SMILES string of the molecule is CC(CC(=O)O)SCc1ccc(Cl)cc1F. The summed E-state index contributed by atoms with van der Waals surface area (Å²) < 4.78 is 13.3. The number of benzene rings is 1. The van der Waals surface area contributed by atoms with Gasteiger partial charge in [-0.3, -0.25) is 4.79 Å². The maximum absolute atomic E-state index is 13.3. The van der Waals surface area contributed by atoms with Crippen molar-refractivity contribution in [3.05, 3.63) is 34.6 Å². The van der Waals surface area contributed by atoms with Crippen LogP contribution in [0.15, 0.2) is 18.2 Å². The van der Waals surface area contributed by atoms with Crippen molar-refractivity contribution in [2.45, 2.75) is 24.3 Å². The number of carbonyl (C=O) groups is 1. The molecule has 88 valence electrons. The Morgan fingerprint density at radius 1 is 1.62 bits per heavy atom. The Hall–Kier alpha value is -0.740. The van der Waals surface area contributed by atoms with Gasteiger partial charge in [0.2, 0.25) is 0 Å². The number of hydrogen-bond acceptors (Lipinski definition) is 2. The largest absolute Gasteiger partial charge is 0.481 e. The fraction of sp³-hybridized carbons (Fsp3) is 0.364. The van der Waals surface area contributed by atoms with Gasteiger partial charge in [0.1, 0.15) is 5.82 Å². The minimum atomic E-state index is -0.837. The third-order valence-corrected chi connectivity index (χ3v) is 3.45. The summed E-state index contributed by atoms with van der Waals surface area (Å²) in [4.78, 5) is 10.4. The van der Waals surface area contributed by atoms with Crippen LogP contribution in [0.25, 0.3) is 0 Å². The van der Waals surface area contributed by atoms with Crippen molar-refractivity contribution in [2.75, 3.05) is 0 Å². The van der Waals surface area contributed by atoms with Gasteiger partial charge >= 0.3 is 5.97 Å². The van der Waals surface area contributed by atoms with Crippen LogP contribution in [0.5, 0.6) is 0 Å². The maximum Gasteiger partial charge on any atom is 0.304 e. The number of aliphatic carboxylic acids is 1. The van der Waals surface area contributed by atoms with Crippen LogP contribution in [-0.4, -0.2) is 16.3 Å². The van der Waals surface area contributed by atoms with Crippen molar-refractivity contribution in [3.8, 4) is 0 Å². The van der Waals surface area contributed by atoms with E-state index in [1.165, 1.54) is 17.8 Å². The Bertz CT molecular complexity index is 384. The zero-order valence-electron chi connectivity index (χ0n) is 8.74. The summed E-state index contributed by atoms with van der Waals surface area (Å²) in [5.41, 5.74) is 0.548. The summed E-state index contributed by atoms with van der Waals surface area (Å²) in [6, 6.07) is 4.51. The van der Waals surface area contributed by atoms with Gasteiger partial charge in [0, 0.05) is 16.0 Å². The molecule has 0 heterocycles. The minimum Gasteiger partial charge on any atom is -0.481 e. The number of carboxylic acids is 1. The highest BCUT2D eigenvalue weighted by molar-refractivity contribution is 7.99. The van der Waals surface area contributed by atoms with Gasteiger partial charge in [0.15, 0.2) is 0 Å². The van der Waals surface area contributed by atoms with Crippen molar-refractivity contribution in [1.82, 2.24) is 0 Å². The second kappa shape index (κ2) is 6.11. The molecule has 1 aromatic rings. The summed E-state index contributed by atoms with van der Waals surface area (Å²) in [7, 11) is 0. The Balaban J connectivity index is 2.51. The lowest BCUT2D eigenvalue weighted by molar-refractivity contribution is -0.136. The molecule has 0 spiro atoms. The molecule has 1 rings (SSSR count). The third-order valence-electron chi connectivity index (χ3n) is 2.00. The molecule has 0 bridgehead atoms. The fourth-order valence-electron chi connectivity index (χ4n) is 1.18. The zero-order chi connectivity index (χ0) is 12.1. The smallest absolute Gasteiger partial charge is 0.304 e. The topological polar surface area (TPSA) is 37.3 Å². The first-order chi connectivity index (χ1) is 7.49. The first-order valence-electron chi connectivity index (χ1n) is 4.76. The molecule has 2 nitrogen and oxygen atoms in total. The van der Waals surface area contributed by atoms with E-state index in [9.17, 15) is 9.18 Å². The average molecular weight is 263 g/mol. The number of carboxylic acid groups (broad SMARTS) is 1. The van der Waals surface area contributed by atoms with E-state index >= 15 is 0 Å². The van der Waals surface area contributed by atoms with E-state index in [0.29, 0.717) is 16.3 Å². The quantitative estimate of drug-likeness (QED) is 0.881. The molecule has 0 radical (unpaired) electrons. The monoisotopic (exact) mass is 262 g/mol. The zero-order valence-corrected chi connectivity index (χ0v) is 10.3. The van der Waals surface area contributed by atoms with Gasteiger partial charge in [-0.15, -0.1) is 0 Å². The molecule has 5 heteroatoms. The second-order valence-electron chi connectivity index (χ2n) is 3.46. The highest BCUT2D eigenvalue weighted by Gasteiger charge is 2.10. The third kappa shape index (κ3) is 4.41. The van der Waals surface area contributed by atoms with Crippen LogP contribution >= 0.6 is 23.4 Å². The first kappa shape index (κ1) is 13.3. The van der Waals surface area contributed by atoms with E-state index in [1.807, 2.05) is 6.92 Å². The average Bonchev–Trinajstić information content (AvgIpc) is 2.15. The second-order valence-corrected chi connectivity index (χ2v) is 5.32. The maximum atomic E-state index is 13.3. The van der Waals surface area contributed by atoms with Crippen molar-refractivity contribution >= 4 is 29.3 Å². The number of halogens is 2. The van der Waals surface area contributed by atoms with Crippen molar-refractivity contribution in [2.24, 2.45) is 0 Å². The molecule has 0 aliphatic carbocycles. The Labute approximate surface area is 103 Å². The van der Waals surface area contributed by atoms with Gasteiger partial charge in [0.05, 0.1) is 6.42 Å². The molecule has 1 N–H and O–H groups in total. The molecule has 1 atom stereocenters. The molecule has 0 aliphatic rings. The Kier molecular flexibility index (Phi) is 5.09. The van der Waals surface area contributed by atoms with Crippen LogP contribution in [0.2, 0.25) is 5.02 Å². The lowest BCUT2D eigenvalue weighted by Gasteiger charge is -2.09. The molecule has 0 saturated heterocycles. The van der Waals surface area contributed by atoms with E-state index in [2.05, 4.69) is 0 Å². The van der Waals surface area contributed by atoms with Crippen LogP contribution in [0.3, 0.4) is 0 Å². The predicted molar refractivity (Wildman–Crippen MR) is 64.4 cm³/mol. The molecule has 1 aromatic carbocycles. The molecular weight excluding hydrogens is 251 g/mol. The van der Waals surface area contributed by atoms with Gasteiger partial charge in [-0.1, -0.05) is 24.6 Å². The summed E-state index contributed by atoms with van der Waals surface area (Å²) >= 11 is 7.04.